The summed E-state index contributed by atoms with van der Waals surface area (Å²) < 4.78 is 6.13. The van der Waals surface area contributed by atoms with Crippen LogP contribution < -0.4 is 0 Å². The van der Waals surface area contributed by atoms with Crippen molar-refractivity contribution in [2.75, 3.05) is 0 Å². The summed E-state index contributed by atoms with van der Waals surface area (Å²) in [5.74, 6) is 0. The van der Waals surface area contributed by atoms with Gasteiger partial charge in [-0.05, 0) is 29.6 Å². The van der Waals surface area contributed by atoms with Crippen molar-refractivity contribution in [1.82, 2.24) is 0 Å². The smallest absolute Gasteiger partial charge is 0.205 e. The van der Waals surface area contributed by atoms with Crippen LogP contribution in [0.2, 0.25) is 13.1 Å². The third-order valence-corrected chi connectivity index (χ3v) is 3.36. The van der Waals surface area contributed by atoms with Crippen LogP contribution in [0.15, 0.2) is 24.3 Å². The molecule has 17 heavy (non-hydrogen) atoms. The minimum absolute atomic E-state index is 0.0349. The van der Waals surface area contributed by atoms with E-state index in [1.54, 1.807) is 0 Å². The highest BCUT2D eigenvalue weighted by atomic mass is 28.3. The third kappa shape index (κ3) is 3.94. The second-order valence-electron chi connectivity index (χ2n) is 5.63. The predicted molar refractivity (Wildman–Crippen MR) is 73.1 cm³/mol. The molecular weight excluding hydrogens is 228 g/mol. The standard InChI is InChI=1S/C14H23O2Si/c1-14(2,3)13(16-17(4)5)12-9-7-6-8-11(12)10-15/h6-9,13,15H,10H2,1-5H3. The fourth-order valence-electron chi connectivity index (χ4n) is 1.88. The molecule has 95 valence electrons. The first kappa shape index (κ1) is 14.4. The molecule has 1 rings (SSSR count). The molecule has 0 bridgehead atoms. The van der Waals surface area contributed by atoms with E-state index in [-0.39, 0.29) is 18.1 Å². The van der Waals surface area contributed by atoms with Gasteiger partial charge in [0.2, 0.25) is 9.04 Å². The van der Waals surface area contributed by atoms with Crippen LogP contribution in [-0.4, -0.2) is 14.1 Å². The van der Waals surface area contributed by atoms with Gasteiger partial charge in [0.25, 0.3) is 0 Å². The van der Waals surface area contributed by atoms with Crippen LogP contribution in [0.3, 0.4) is 0 Å². The lowest BCUT2D eigenvalue weighted by Crippen LogP contribution is -2.26. The van der Waals surface area contributed by atoms with E-state index >= 15 is 0 Å². The quantitative estimate of drug-likeness (QED) is 0.830. The van der Waals surface area contributed by atoms with Gasteiger partial charge < -0.3 is 9.53 Å². The molecule has 2 nitrogen and oxygen atoms in total. The maximum Gasteiger partial charge on any atom is 0.205 e. The number of hydrogen-bond acceptors (Lipinski definition) is 2. The zero-order valence-electron chi connectivity index (χ0n) is 11.4. The van der Waals surface area contributed by atoms with Crippen molar-refractivity contribution in [3.05, 3.63) is 35.4 Å². The zero-order valence-corrected chi connectivity index (χ0v) is 12.4. The molecule has 0 aliphatic carbocycles. The van der Waals surface area contributed by atoms with E-state index in [4.69, 9.17) is 4.43 Å². The Morgan fingerprint density at radius 2 is 1.82 bits per heavy atom. The predicted octanol–water partition coefficient (Wildman–Crippen LogP) is 3.53. The number of rotatable bonds is 4. The van der Waals surface area contributed by atoms with Gasteiger partial charge in [0.05, 0.1) is 12.7 Å². The highest BCUT2D eigenvalue weighted by Gasteiger charge is 2.29. The van der Waals surface area contributed by atoms with E-state index in [1.165, 1.54) is 0 Å². The first-order valence-electron chi connectivity index (χ1n) is 6.01. The molecule has 0 aliphatic rings. The van der Waals surface area contributed by atoms with E-state index < -0.39 is 9.04 Å². The molecule has 0 spiro atoms. The summed E-state index contributed by atoms with van der Waals surface area (Å²) in [7, 11) is -0.769. The lowest BCUT2D eigenvalue weighted by Gasteiger charge is -2.34. The van der Waals surface area contributed by atoms with Crippen LogP contribution in [0.1, 0.15) is 38.0 Å². The topological polar surface area (TPSA) is 29.5 Å². The maximum absolute atomic E-state index is 9.42. The summed E-state index contributed by atoms with van der Waals surface area (Å²) in [6, 6.07) is 7.99. The van der Waals surface area contributed by atoms with E-state index in [9.17, 15) is 5.11 Å². The van der Waals surface area contributed by atoms with E-state index in [1.807, 2.05) is 18.2 Å². The average molecular weight is 251 g/mol. The molecule has 0 aliphatic heterocycles. The molecule has 1 atom stereocenters. The summed E-state index contributed by atoms with van der Waals surface area (Å²) in [5, 5.41) is 9.42. The largest absolute Gasteiger partial charge is 0.410 e. The summed E-state index contributed by atoms with van der Waals surface area (Å²) in [4.78, 5) is 0. The molecule has 0 fully saturated rings. The van der Waals surface area contributed by atoms with Gasteiger partial charge in [-0.3, -0.25) is 0 Å². The first-order valence-corrected chi connectivity index (χ1v) is 8.42. The summed E-state index contributed by atoms with van der Waals surface area (Å²) in [5.41, 5.74) is 2.12. The molecule has 1 N–H and O–H groups in total. The fraction of sp³-hybridized carbons (Fsp3) is 0.571. The summed E-state index contributed by atoms with van der Waals surface area (Å²) in [6.07, 6.45) is 0.0507. The van der Waals surface area contributed by atoms with Crippen LogP contribution in [0.4, 0.5) is 0 Å². The van der Waals surface area contributed by atoms with Crippen molar-refractivity contribution in [2.24, 2.45) is 5.41 Å². The third-order valence-electron chi connectivity index (χ3n) is 2.65. The second-order valence-corrected chi connectivity index (χ2v) is 7.68. The van der Waals surface area contributed by atoms with Crippen molar-refractivity contribution >= 4 is 9.04 Å². The molecule has 0 saturated heterocycles. The number of benzene rings is 1. The van der Waals surface area contributed by atoms with Crippen molar-refractivity contribution in [3.63, 3.8) is 0 Å². The summed E-state index contributed by atoms with van der Waals surface area (Å²) >= 11 is 0. The molecular formula is C14H23O2Si. The maximum atomic E-state index is 9.42. The van der Waals surface area contributed by atoms with Crippen LogP contribution >= 0.6 is 0 Å². The van der Waals surface area contributed by atoms with Crippen LogP contribution in [0, 0.1) is 5.41 Å². The molecule has 0 aromatic heterocycles. The first-order chi connectivity index (χ1) is 7.86. The van der Waals surface area contributed by atoms with Gasteiger partial charge in [-0.1, -0.05) is 45.0 Å². The Bertz CT molecular complexity index is 355. The molecule has 1 unspecified atom stereocenters. The lowest BCUT2D eigenvalue weighted by molar-refractivity contribution is 0.0844. The SMILES string of the molecule is C[Si](C)OC(c1ccccc1CO)C(C)(C)C. The molecule has 1 aromatic rings. The van der Waals surface area contributed by atoms with E-state index in [2.05, 4.69) is 39.9 Å². The molecule has 1 aromatic carbocycles. The van der Waals surface area contributed by atoms with Crippen molar-refractivity contribution in [3.8, 4) is 0 Å². The van der Waals surface area contributed by atoms with Crippen LogP contribution in [0.5, 0.6) is 0 Å². The Labute approximate surface area is 106 Å². The van der Waals surface area contributed by atoms with E-state index in [0.717, 1.165) is 11.1 Å². The minimum atomic E-state index is -0.769. The van der Waals surface area contributed by atoms with Gasteiger partial charge >= 0.3 is 0 Å². The van der Waals surface area contributed by atoms with Gasteiger partial charge in [0.1, 0.15) is 0 Å². The van der Waals surface area contributed by atoms with Gasteiger partial charge in [0, 0.05) is 0 Å². The highest BCUT2D eigenvalue weighted by Crippen LogP contribution is 2.38. The summed E-state index contributed by atoms with van der Waals surface area (Å²) in [6.45, 7) is 10.9. The lowest BCUT2D eigenvalue weighted by atomic mass is 9.83. The Balaban J connectivity index is 3.12. The molecule has 0 heterocycles. The normalized spacial score (nSPS) is 14.1. The molecule has 0 amide bonds. The van der Waals surface area contributed by atoms with Crippen LogP contribution in [-0.2, 0) is 11.0 Å². The van der Waals surface area contributed by atoms with Gasteiger partial charge in [-0.15, -0.1) is 0 Å². The van der Waals surface area contributed by atoms with Gasteiger partial charge in [-0.25, -0.2) is 0 Å². The number of aliphatic hydroxyl groups excluding tert-OH is 1. The van der Waals surface area contributed by atoms with Crippen LogP contribution in [0.25, 0.3) is 0 Å². The molecule has 0 saturated carbocycles. The van der Waals surface area contributed by atoms with Gasteiger partial charge in [-0.2, -0.15) is 0 Å². The van der Waals surface area contributed by atoms with Gasteiger partial charge in [0.15, 0.2) is 0 Å². The molecule has 3 heteroatoms. The Morgan fingerprint density at radius 1 is 1.24 bits per heavy atom. The van der Waals surface area contributed by atoms with Crippen molar-refractivity contribution in [1.29, 1.82) is 0 Å². The Hall–Kier alpha value is -0.643. The van der Waals surface area contributed by atoms with Crippen molar-refractivity contribution < 1.29 is 9.53 Å². The minimum Gasteiger partial charge on any atom is -0.410 e. The highest BCUT2D eigenvalue weighted by molar-refractivity contribution is 6.48. The zero-order chi connectivity index (χ0) is 13.1. The second kappa shape index (κ2) is 5.80. The number of hydrogen-bond donors (Lipinski definition) is 1. The Kier molecular flexibility index (Phi) is 4.92. The molecule has 1 radical (unpaired) electrons. The van der Waals surface area contributed by atoms with Crippen molar-refractivity contribution in [2.45, 2.75) is 46.6 Å². The van der Waals surface area contributed by atoms with E-state index in [0.29, 0.717) is 0 Å². The number of aliphatic hydroxyl groups is 1. The monoisotopic (exact) mass is 251 g/mol. The Morgan fingerprint density at radius 3 is 2.29 bits per heavy atom. The average Bonchev–Trinajstić information content (AvgIpc) is 2.24. The fourth-order valence-corrected chi connectivity index (χ4v) is 2.83.